The zero-order valence-electron chi connectivity index (χ0n) is 35.3. The van der Waals surface area contributed by atoms with Crippen molar-refractivity contribution in [3.05, 3.63) is 131 Å². The molecule has 1 amide bonds. The molecule has 0 saturated heterocycles. The van der Waals surface area contributed by atoms with Crippen molar-refractivity contribution in [1.82, 2.24) is 33.9 Å². The zero-order valence-corrected chi connectivity index (χ0v) is 38.0. The number of nitrogens with one attached hydrogen (secondary N) is 3. The van der Waals surface area contributed by atoms with Gasteiger partial charge in [0.1, 0.15) is 17.0 Å². The maximum absolute atomic E-state index is 12.5. The van der Waals surface area contributed by atoms with Gasteiger partial charge in [0.15, 0.2) is 5.69 Å². The Kier molecular flexibility index (Phi) is 18.4. The molecule has 4 aromatic heterocycles. The van der Waals surface area contributed by atoms with E-state index in [2.05, 4.69) is 70.9 Å². The molecule has 22 heteroatoms. The smallest absolute Gasteiger partial charge is 0.356 e. The van der Waals surface area contributed by atoms with Gasteiger partial charge in [-0.25, -0.2) is 31.6 Å². The minimum Gasteiger partial charge on any atom is -0.476 e. The van der Waals surface area contributed by atoms with Crippen molar-refractivity contribution in [3.8, 4) is 0 Å². The van der Waals surface area contributed by atoms with Crippen LogP contribution >= 0.6 is 13.5 Å². The van der Waals surface area contributed by atoms with Crippen LogP contribution in [0.3, 0.4) is 0 Å². The van der Waals surface area contributed by atoms with Crippen molar-refractivity contribution in [3.63, 3.8) is 0 Å². The number of hydrogen-bond donors (Lipinski definition) is 7. The van der Waals surface area contributed by atoms with Crippen molar-refractivity contribution in [2.24, 2.45) is 5.73 Å². The number of carboxylic acids is 1. The molecular weight excluding hydrogens is 897 g/mol. The first-order chi connectivity index (χ1) is 29.9. The van der Waals surface area contributed by atoms with Crippen LogP contribution in [0.25, 0.3) is 11.3 Å². The number of nitrogens with two attached hydrogens (primary N) is 1. The maximum Gasteiger partial charge on any atom is 0.356 e. The molecule has 0 aliphatic carbocycles. The minimum atomic E-state index is -3.40. The molecule has 8 N–H and O–H groups in total. The molecule has 6 heterocycles. The summed E-state index contributed by atoms with van der Waals surface area (Å²) < 4.78 is 52.5. The molecule has 2 atom stereocenters. The summed E-state index contributed by atoms with van der Waals surface area (Å²) in [5, 5.41) is 31.3. The first-order valence-corrected chi connectivity index (χ1v) is 23.8. The Morgan fingerprint density at radius 2 is 1.11 bits per heavy atom. The Labute approximate surface area is 385 Å². The number of imidazole rings is 2. The number of fused-ring (bicyclic) bond motifs is 4. The van der Waals surface area contributed by atoms with Crippen LogP contribution in [0.5, 0.6) is 0 Å². The maximum atomic E-state index is 12.5. The Balaban J connectivity index is 0.000000231. The van der Waals surface area contributed by atoms with Crippen LogP contribution in [-0.2, 0) is 46.0 Å². The number of carbonyl (C=O) groups excluding carboxylic acids is 1. The monoisotopic (exact) mass is 954 g/mol. The van der Waals surface area contributed by atoms with E-state index in [-0.39, 0.29) is 38.9 Å². The molecule has 0 unspecified atom stereocenters. The summed E-state index contributed by atoms with van der Waals surface area (Å²) in [4.78, 5) is 35.7. The first-order valence-electron chi connectivity index (χ1n) is 20.0. The molecule has 6 aromatic rings. The van der Waals surface area contributed by atoms with Gasteiger partial charge < -0.3 is 35.2 Å². The summed E-state index contributed by atoms with van der Waals surface area (Å²) >= 11 is 0. The molecule has 2 aliphatic heterocycles. The molecule has 65 heavy (non-hydrogen) atoms. The third-order valence-corrected chi connectivity index (χ3v) is 11.3. The van der Waals surface area contributed by atoms with E-state index in [0.29, 0.717) is 42.3 Å². The lowest BCUT2D eigenvalue weighted by Crippen LogP contribution is -2.42. The molecule has 0 bridgehead atoms. The highest BCUT2D eigenvalue weighted by atomic mass is 32.2. The van der Waals surface area contributed by atoms with E-state index in [4.69, 9.17) is 10.8 Å². The quantitative estimate of drug-likeness (QED) is 0.0877. The van der Waals surface area contributed by atoms with Crippen molar-refractivity contribution >= 4 is 68.1 Å². The summed E-state index contributed by atoms with van der Waals surface area (Å²) in [6.07, 6.45) is 8.87. The molecule has 0 fully saturated rings. The fraction of sp³-hybridized carbons (Fsp3) is 0.349. The highest BCUT2D eigenvalue weighted by Gasteiger charge is 2.20. The number of rotatable bonds is 13. The van der Waals surface area contributed by atoms with Crippen LogP contribution in [-0.4, -0.2) is 137 Å². The second-order valence-electron chi connectivity index (χ2n) is 15.4. The summed E-state index contributed by atoms with van der Waals surface area (Å²) in [5.74, 6) is -1.53. The number of sulfonamides is 2. The molecule has 0 saturated carbocycles. The van der Waals surface area contributed by atoms with Crippen LogP contribution < -0.4 is 20.5 Å². The number of aromatic carboxylic acids is 1. The largest absolute Gasteiger partial charge is 0.476 e. The third-order valence-electron chi connectivity index (χ3n) is 10.1. The predicted octanol–water partition coefficient (Wildman–Crippen LogP) is 2.37. The van der Waals surface area contributed by atoms with Gasteiger partial charge in [0.05, 0.1) is 36.1 Å². The van der Waals surface area contributed by atoms with E-state index in [1.54, 1.807) is 22.7 Å². The van der Waals surface area contributed by atoms with Gasteiger partial charge in [-0.2, -0.15) is 13.5 Å². The predicted molar refractivity (Wildman–Crippen MR) is 256 cm³/mol. The van der Waals surface area contributed by atoms with Gasteiger partial charge in [0, 0.05) is 77.1 Å². The highest BCUT2D eigenvalue weighted by molar-refractivity contribution is 7.92. The van der Waals surface area contributed by atoms with E-state index in [0.717, 1.165) is 51.5 Å². The average Bonchev–Trinajstić information content (AvgIpc) is 3.87. The van der Waals surface area contributed by atoms with Gasteiger partial charge >= 0.3 is 5.97 Å². The van der Waals surface area contributed by atoms with Crippen molar-refractivity contribution in [2.75, 3.05) is 61.2 Å². The Hall–Kier alpha value is -5.59. The van der Waals surface area contributed by atoms with E-state index in [9.17, 15) is 36.6 Å². The number of anilines is 2. The normalized spacial score (nSPS) is 14.7. The van der Waals surface area contributed by atoms with Gasteiger partial charge in [-0.1, -0.05) is 56.0 Å². The van der Waals surface area contributed by atoms with Crippen molar-refractivity contribution in [2.45, 2.75) is 45.6 Å². The number of benzene rings is 2. The molecule has 352 valence electrons. The topological polar surface area (TPSA) is 266 Å². The van der Waals surface area contributed by atoms with Gasteiger partial charge in [0.2, 0.25) is 20.0 Å². The van der Waals surface area contributed by atoms with Crippen LogP contribution in [0.15, 0.2) is 97.6 Å². The fourth-order valence-corrected chi connectivity index (χ4v) is 8.30. The zero-order chi connectivity index (χ0) is 45.3. The Morgan fingerprint density at radius 1 is 0.677 bits per heavy atom. The standard InChI is InChI=1S/C21H25N5O4S.C12H18N2O.C9H9N3O4S.CH4.H2S/c1-31(29,30)24-17-6-7-20-23-19(14-26(20)12-17)21(28)22-10-18(27)13-25-9-8-15-4-2-3-5-16(15)11-25;13-7-12(15)9-14-6-5-10-3-1-2-4-11(10)8-14;1-17(15,16)11-6-2-3-8-10-7(9(13)14)5-12(8)4-6;;/h2-7,12,14,18,24,27H,8-11,13H2,1H3,(H,22,28);1-4,12,15H,5-9,13H2;2-5,11H,1H3,(H,13,14);1H4;1H2/t18-;12-;;;/m00.../s1. The van der Waals surface area contributed by atoms with E-state index in [1.165, 1.54) is 57.4 Å². The molecule has 19 nitrogen and oxygen atoms in total. The van der Waals surface area contributed by atoms with Gasteiger partial charge in [-0.15, -0.1) is 0 Å². The molecular formula is C43H58N10O9S3. The number of nitrogens with zero attached hydrogens (tertiary/aromatic N) is 6. The van der Waals surface area contributed by atoms with Crippen LogP contribution in [0, 0.1) is 0 Å². The number of aliphatic hydroxyl groups is 2. The number of aromatic nitrogens is 4. The second kappa shape index (κ2) is 23.0. The Morgan fingerprint density at radius 3 is 1.55 bits per heavy atom. The SMILES string of the molecule is C.CS(=O)(=O)Nc1ccc2nc(C(=O)NC[C@H](O)CN3CCc4ccccc4C3)cn2c1.CS(=O)(=O)Nc1ccc2nc(C(=O)O)cn2c1.NC[C@H](O)CN1CCc2ccccc2C1.S. The summed E-state index contributed by atoms with van der Waals surface area (Å²) in [6, 6.07) is 23.0. The lowest BCUT2D eigenvalue weighted by Gasteiger charge is -2.30. The van der Waals surface area contributed by atoms with Crippen LogP contribution in [0.4, 0.5) is 11.4 Å². The van der Waals surface area contributed by atoms with Gasteiger partial charge in [-0.3, -0.25) is 24.0 Å². The lowest BCUT2D eigenvalue weighted by atomic mass is 10.00. The average molecular weight is 955 g/mol. The summed E-state index contributed by atoms with van der Waals surface area (Å²) in [5.41, 5.74) is 12.6. The van der Waals surface area contributed by atoms with Crippen molar-refractivity contribution < 1.29 is 41.7 Å². The summed E-state index contributed by atoms with van der Waals surface area (Å²) in [6.45, 7) is 5.24. The molecule has 0 spiro atoms. The highest BCUT2D eigenvalue weighted by Crippen LogP contribution is 2.20. The summed E-state index contributed by atoms with van der Waals surface area (Å²) in [7, 11) is -6.75. The number of aliphatic hydroxyl groups excluding tert-OH is 2. The number of carbonyl (C=O) groups is 2. The van der Waals surface area contributed by atoms with Gasteiger partial charge in [-0.05, 0) is 59.4 Å². The van der Waals surface area contributed by atoms with E-state index < -0.39 is 44.1 Å². The minimum absolute atomic E-state index is 0. The third kappa shape index (κ3) is 15.5. The molecule has 0 radical (unpaired) electrons. The number of hydrogen-bond acceptors (Lipinski definition) is 13. The number of β-amino-alcohol motifs (C(OH)–C–C–N with tert-alkyl or cyclic N) is 2. The first kappa shape index (κ1) is 52.0. The Bertz CT molecular complexity index is 2780. The van der Waals surface area contributed by atoms with Crippen LogP contribution in [0.2, 0.25) is 0 Å². The second-order valence-corrected chi connectivity index (χ2v) is 18.9. The van der Waals surface area contributed by atoms with Gasteiger partial charge in [0.25, 0.3) is 5.91 Å². The van der Waals surface area contributed by atoms with E-state index in [1.807, 2.05) is 12.1 Å². The number of pyridine rings is 2. The molecule has 2 aliphatic rings. The van der Waals surface area contributed by atoms with Crippen molar-refractivity contribution in [1.29, 1.82) is 0 Å². The van der Waals surface area contributed by atoms with E-state index >= 15 is 0 Å². The lowest BCUT2D eigenvalue weighted by molar-refractivity contribution is 0.0690. The molecule has 8 rings (SSSR count). The number of amides is 1. The van der Waals surface area contributed by atoms with Crippen LogP contribution in [0.1, 0.15) is 50.7 Å². The molecule has 2 aromatic carbocycles. The fourth-order valence-electron chi connectivity index (χ4n) is 7.20. The number of carboxylic acid groups (broad SMARTS) is 1.